The van der Waals surface area contributed by atoms with E-state index in [0.717, 1.165) is 25.9 Å². The molecule has 2 fully saturated rings. The van der Waals surface area contributed by atoms with E-state index in [1.807, 2.05) is 6.07 Å². The van der Waals surface area contributed by atoms with Crippen molar-refractivity contribution in [3.05, 3.63) is 30.3 Å². The molecule has 24 heavy (non-hydrogen) atoms. The van der Waals surface area contributed by atoms with E-state index in [0.29, 0.717) is 5.75 Å². The number of aliphatic hydroxyl groups excluding tert-OH is 2. The molecular weight excluding hydrogens is 376 g/mol. The number of rotatable bonds is 2. The van der Waals surface area contributed by atoms with Gasteiger partial charge in [0.05, 0.1) is 18.8 Å². The standard InChI is InChI=1S/C17H23BrN2O4/c18-17(12-5-4-8-19-10-12)9-14(21)15(22)11-20(17)16(23)24-13-6-2-1-3-7-13/h1-3,6-7,12,14-15,19,21-22H,4-5,8-11H2/t12?,14-,15-,17?/m0/s1. The number of carbonyl (C=O) groups is 1. The zero-order chi connectivity index (χ0) is 17.2. The first-order valence-corrected chi connectivity index (χ1v) is 9.10. The molecule has 0 radical (unpaired) electrons. The first-order chi connectivity index (χ1) is 11.5. The Hall–Kier alpha value is -1.15. The van der Waals surface area contributed by atoms with Gasteiger partial charge in [-0.2, -0.15) is 0 Å². The molecule has 2 heterocycles. The highest BCUT2D eigenvalue weighted by Gasteiger charge is 2.51. The Morgan fingerprint density at radius 3 is 2.71 bits per heavy atom. The number of aliphatic hydroxyl groups is 2. The van der Waals surface area contributed by atoms with E-state index in [9.17, 15) is 15.0 Å². The number of amides is 1. The molecule has 2 unspecified atom stereocenters. The molecule has 1 aromatic carbocycles. The normalized spacial score (nSPS) is 34.0. The van der Waals surface area contributed by atoms with E-state index in [1.54, 1.807) is 24.3 Å². The molecule has 1 aromatic rings. The van der Waals surface area contributed by atoms with Gasteiger partial charge in [0.1, 0.15) is 10.2 Å². The smallest absolute Gasteiger partial charge is 0.410 e. The maximum atomic E-state index is 12.7. The lowest BCUT2D eigenvalue weighted by Crippen LogP contribution is -2.64. The summed E-state index contributed by atoms with van der Waals surface area (Å²) in [4.78, 5) is 14.3. The molecule has 0 spiro atoms. The van der Waals surface area contributed by atoms with Crippen LogP contribution in [0.25, 0.3) is 0 Å². The quantitative estimate of drug-likeness (QED) is 0.521. The number of alkyl halides is 1. The zero-order valence-corrected chi connectivity index (χ0v) is 15.0. The van der Waals surface area contributed by atoms with Crippen molar-refractivity contribution in [1.29, 1.82) is 0 Å². The van der Waals surface area contributed by atoms with E-state index in [4.69, 9.17) is 4.74 Å². The van der Waals surface area contributed by atoms with Crippen molar-refractivity contribution < 1.29 is 19.7 Å². The highest BCUT2D eigenvalue weighted by atomic mass is 79.9. The van der Waals surface area contributed by atoms with Crippen LogP contribution in [-0.2, 0) is 0 Å². The fraction of sp³-hybridized carbons (Fsp3) is 0.588. The lowest BCUT2D eigenvalue weighted by molar-refractivity contribution is -0.0734. The fourth-order valence-corrected chi connectivity index (χ4v) is 4.50. The summed E-state index contributed by atoms with van der Waals surface area (Å²) >= 11 is 3.72. The molecule has 4 atom stereocenters. The van der Waals surface area contributed by atoms with Crippen molar-refractivity contribution in [2.24, 2.45) is 5.92 Å². The number of ether oxygens (including phenoxy) is 1. The summed E-state index contributed by atoms with van der Waals surface area (Å²) in [6, 6.07) is 8.87. The van der Waals surface area contributed by atoms with Crippen LogP contribution in [0.4, 0.5) is 4.79 Å². The number of halogens is 1. The average molecular weight is 399 g/mol. The molecule has 0 aromatic heterocycles. The van der Waals surface area contributed by atoms with Crippen molar-refractivity contribution in [1.82, 2.24) is 10.2 Å². The molecular formula is C17H23BrN2O4. The van der Waals surface area contributed by atoms with Gasteiger partial charge < -0.3 is 20.3 Å². The molecule has 6 nitrogen and oxygen atoms in total. The predicted molar refractivity (Wildman–Crippen MR) is 93.1 cm³/mol. The summed E-state index contributed by atoms with van der Waals surface area (Å²) in [7, 11) is 0. The van der Waals surface area contributed by atoms with Crippen LogP contribution >= 0.6 is 15.9 Å². The molecule has 3 N–H and O–H groups in total. The number of carbonyl (C=O) groups excluding carboxylic acids is 1. The number of nitrogens with zero attached hydrogens (tertiary/aromatic N) is 1. The Bertz CT molecular complexity index is 567. The van der Waals surface area contributed by atoms with Crippen molar-refractivity contribution in [3.63, 3.8) is 0 Å². The van der Waals surface area contributed by atoms with Crippen LogP contribution in [0.5, 0.6) is 5.75 Å². The fourth-order valence-electron chi connectivity index (χ4n) is 3.49. The van der Waals surface area contributed by atoms with Crippen molar-refractivity contribution >= 4 is 22.0 Å². The number of benzene rings is 1. The number of β-amino-alcohol motifs (C(OH)–C–C–N with tert-alkyl or cyclic N) is 1. The van der Waals surface area contributed by atoms with Gasteiger partial charge in [0.15, 0.2) is 0 Å². The first-order valence-electron chi connectivity index (χ1n) is 8.31. The third kappa shape index (κ3) is 3.59. The zero-order valence-electron chi connectivity index (χ0n) is 13.4. The maximum absolute atomic E-state index is 12.7. The van der Waals surface area contributed by atoms with Crippen LogP contribution < -0.4 is 10.1 Å². The average Bonchev–Trinajstić information content (AvgIpc) is 2.60. The van der Waals surface area contributed by atoms with Gasteiger partial charge in [-0.15, -0.1) is 0 Å². The summed E-state index contributed by atoms with van der Waals surface area (Å²) in [5.74, 6) is 0.594. The molecule has 2 aliphatic rings. The molecule has 2 aliphatic heterocycles. The van der Waals surface area contributed by atoms with Crippen LogP contribution in [0.15, 0.2) is 30.3 Å². The van der Waals surface area contributed by atoms with Crippen molar-refractivity contribution in [2.75, 3.05) is 19.6 Å². The lowest BCUT2D eigenvalue weighted by atomic mass is 9.83. The van der Waals surface area contributed by atoms with Gasteiger partial charge in [-0.25, -0.2) is 4.79 Å². The Labute approximate surface area is 149 Å². The minimum atomic E-state index is -0.976. The van der Waals surface area contributed by atoms with Crippen LogP contribution in [0.3, 0.4) is 0 Å². The molecule has 7 heteroatoms. The molecule has 2 saturated heterocycles. The minimum absolute atomic E-state index is 0.0363. The molecule has 0 bridgehead atoms. The van der Waals surface area contributed by atoms with Gasteiger partial charge in [-0.3, -0.25) is 4.90 Å². The lowest BCUT2D eigenvalue weighted by Gasteiger charge is -2.50. The van der Waals surface area contributed by atoms with Gasteiger partial charge in [0.25, 0.3) is 0 Å². The summed E-state index contributed by atoms with van der Waals surface area (Å²) < 4.78 is 4.74. The van der Waals surface area contributed by atoms with Crippen LogP contribution in [0.2, 0.25) is 0 Å². The number of hydrogen-bond donors (Lipinski definition) is 3. The number of piperidine rings is 2. The second-order valence-electron chi connectivity index (χ2n) is 6.49. The second-order valence-corrected chi connectivity index (χ2v) is 7.87. The Morgan fingerprint density at radius 2 is 2.04 bits per heavy atom. The molecule has 0 saturated carbocycles. The summed E-state index contributed by atoms with van der Waals surface area (Å²) in [5, 5.41) is 23.6. The Balaban J connectivity index is 1.82. The molecule has 0 aliphatic carbocycles. The Morgan fingerprint density at radius 1 is 1.29 bits per heavy atom. The van der Waals surface area contributed by atoms with E-state index in [2.05, 4.69) is 21.2 Å². The maximum Gasteiger partial charge on any atom is 0.416 e. The third-order valence-corrected chi connectivity index (χ3v) is 6.25. The number of likely N-dealkylation sites (tertiary alicyclic amines) is 1. The van der Waals surface area contributed by atoms with Gasteiger partial charge in [-0.05, 0) is 31.5 Å². The van der Waals surface area contributed by atoms with Gasteiger partial charge >= 0.3 is 6.09 Å². The third-order valence-electron chi connectivity index (χ3n) is 4.85. The highest BCUT2D eigenvalue weighted by molar-refractivity contribution is 9.10. The predicted octanol–water partition coefficient (Wildman–Crippen LogP) is 1.70. The van der Waals surface area contributed by atoms with E-state index < -0.39 is 22.7 Å². The summed E-state index contributed by atoms with van der Waals surface area (Å²) in [6.07, 6.45) is -0.143. The monoisotopic (exact) mass is 398 g/mol. The largest absolute Gasteiger partial charge is 0.416 e. The highest BCUT2D eigenvalue weighted by Crippen LogP contribution is 2.43. The number of hydrogen-bond acceptors (Lipinski definition) is 5. The number of para-hydroxylation sites is 1. The van der Waals surface area contributed by atoms with E-state index >= 15 is 0 Å². The SMILES string of the molecule is O=C(Oc1ccccc1)N1C[C@H](O)[C@@H](O)CC1(Br)C1CCCNC1. The van der Waals surface area contributed by atoms with Gasteiger partial charge in [0, 0.05) is 18.9 Å². The second kappa shape index (κ2) is 7.39. The molecule has 3 rings (SSSR count). The molecule has 1 amide bonds. The van der Waals surface area contributed by atoms with Gasteiger partial charge in [-0.1, -0.05) is 34.1 Å². The van der Waals surface area contributed by atoms with Crippen LogP contribution in [0.1, 0.15) is 19.3 Å². The Kier molecular flexibility index (Phi) is 5.44. The topological polar surface area (TPSA) is 82.0 Å². The first kappa shape index (κ1) is 17.7. The van der Waals surface area contributed by atoms with Crippen molar-refractivity contribution in [2.45, 2.75) is 35.9 Å². The van der Waals surface area contributed by atoms with Crippen molar-refractivity contribution in [3.8, 4) is 5.75 Å². The van der Waals surface area contributed by atoms with E-state index in [-0.39, 0.29) is 18.9 Å². The summed E-state index contributed by atoms with van der Waals surface area (Å²) in [5.41, 5.74) is 0. The summed E-state index contributed by atoms with van der Waals surface area (Å²) in [6.45, 7) is 1.75. The van der Waals surface area contributed by atoms with Crippen LogP contribution in [-0.4, -0.2) is 57.5 Å². The minimum Gasteiger partial charge on any atom is -0.410 e. The van der Waals surface area contributed by atoms with E-state index in [1.165, 1.54) is 4.90 Å². The molecule has 132 valence electrons. The van der Waals surface area contributed by atoms with Gasteiger partial charge in [0.2, 0.25) is 0 Å². The van der Waals surface area contributed by atoms with Crippen LogP contribution in [0, 0.1) is 5.92 Å². The number of nitrogens with one attached hydrogen (secondary N) is 1.